The van der Waals surface area contributed by atoms with E-state index in [0.717, 1.165) is 33.5 Å². The molecule has 1 atom stereocenters. The number of aryl methyl sites for hydroxylation is 2. The highest BCUT2D eigenvalue weighted by atomic mass is 79.9. The molecular weight excluding hydrogens is 403 g/mol. The predicted octanol–water partition coefficient (Wildman–Crippen LogP) is 5.35. The molecule has 0 amide bonds. The van der Waals surface area contributed by atoms with Gasteiger partial charge in [0.25, 0.3) is 0 Å². The minimum atomic E-state index is 0.407. The van der Waals surface area contributed by atoms with E-state index in [1.807, 2.05) is 19.1 Å². The maximum atomic E-state index is 5.96. The molecule has 0 bridgehead atoms. The summed E-state index contributed by atoms with van der Waals surface area (Å²) in [7, 11) is 0. The average Bonchev–Trinajstić information content (AvgIpc) is 2.73. The first-order valence-corrected chi connectivity index (χ1v) is 8.89. The van der Waals surface area contributed by atoms with Crippen molar-refractivity contribution in [3.8, 4) is 0 Å². The zero-order valence-electron chi connectivity index (χ0n) is 11.5. The summed E-state index contributed by atoms with van der Waals surface area (Å²) in [5.74, 6) is 0.407. The van der Waals surface area contributed by atoms with E-state index in [9.17, 15) is 0 Å². The Morgan fingerprint density at radius 3 is 2.50 bits per heavy atom. The molecule has 108 valence electrons. The first-order valence-electron chi connectivity index (χ1n) is 6.60. The van der Waals surface area contributed by atoms with Crippen LogP contribution in [0.5, 0.6) is 0 Å². The van der Waals surface area contributed by atoms with Gasteiger partial charge in [0.05, 0.1) is 15.9 Å². The molecule has 0 aliphatic carbocycles. The molecule has 0 saturated heterocycles. The normalized spacial score (nSPS) is 12.7. The lowest BCUT2D eigenvalue weighted by Crippen LogP contribution is -2.10. The second kappa shape index (κ2) is 7.10. The number of hydrogen-bond donors (Lipinski definition) is 0. The lowest BCUT2D eigenvalue weighted by Gasteiger charge is -2.16. The van der Waals surface area contributed by atoms with Gasteiger partial charge in [0, 0.05) is 16.9 Å². The van der Waals surface area contributed by atoms with Gasteiger partial charge in [0.15, 0.2) is 0 Å². The minimum Gasteiger partial charge on any atom is -0.268 e. The maximum absolute atomic E-state index is 5.96. The van der Waals surface area contributed by atoms with Gasteiger partial charge >= 0.3 is 0 Å². The molecular formula is C15H17Br2ClN2. The van der Waals surface area contributed by atoms with Gasteiger partial charge in [-0.05, 0) is 59.8 Å². The van der Waals surface area contributed by atoms with Gasteiger partial charge in [-0.3, -0.25) is 4.68 Å². The molecule has 1 unspecified atom stereocenters. The largest absolute Gasteiger partial charge is 0.268 e. The van der Waals surface area contributed by atoms with Crippen LogP contribution in [0.25, 0.3) is 0 Å². The van der Waals surface area contributed by atoms with Crippen molar-refractivity contribution in [2.24, 2.45) is 0 Å². The fraction of sp³-hybridized carbons (Fsp3) is 0.400. The monoisotopic (exact) mass is 418 g/mol. The van der Waals surface area contributed by atoms with Crippen LogP contribution in [-0.2, 0) is 13.0 Å². The highest BCUT2D eigenvalue weighted by Gasteiger charge is 2.18. The smallest absolute Gasteiger partial charge is 0.0738 e. The fourth-order valence-electron chi connectivity index (χ4n) is 2.29. The van der Waals surface area contributed by atoms with Crippen LogP contribution in [0.15, 0.2) is 28.7 Å². The summed E-state index contributed by atoms with van der Waals surface area (Å²) in [6.07, 6.45) is 0.947. The zero-order valence-corrected chi connectivity index (χ0v) is 15.5. The van der Waals surface area contributed by atoms with Crippen molar-refractivity contribution in [3.63, 3.8) is 0 Å². The van der Waals surface area contributed by atoms with Crippen LogP contribution in [0.3, 0.4) is 0 Å². The van der Waals surface area contributed by atoms with Crippen LogP contribution in [0.1, 0.15) is 29.8 Å². The van der Waals surface area contributed by atoms with Crippen molar-refractivity contribution in [1.82, 2.24) is 9.78 Å². The maximum Gasteiger partial charge on any atom is 0.0738 e. The number of aromatic nitrogens is 2. The first kappa shape index (κ1) is 16.1. The number of nitrogens with zero attached hydrogens (tertiary/aromatic N) is 2. The van der Waals surface area contributed by atoms with Gasteiger partial charge in [-0.2, -0.15) is 5.10 Å². The molecule has 0 fully saturated rings. The molecule has 0 radical (unpaired) electrons. The van der Waals surface area contributed by atoms with E-state index in [2.05, 4.69) is 60.7 Å². The Bertz CT molecular complexity index is 578. The van der Waals surface area contributed by atoms with Gasteiger partial charge in [0.1, 0.15) is 0 Å². The Balaban J connectivity index is 2.28. The summed E-state index contributed by atoms with van der Waals surface area (Å²) in [5, 5.41) is 6.24. The number of benzene rings is 1. The second-order valence-electron chi connectivity index (χ2n) is 4.77. The molecule has 0 N–H and O–H groups in total. The predicted molar refractivity (Wildman–Crippen MR) is 92.0 cm³/mol. The van der Waals surface area contributed by atoms with Crippen molar-refractivity contribution >= 4 is 43.5 Å². The Labute approximate surface area is 141 Å². The Kier molecular flexibility index (Phi) is 5.70. The van der Waals surface area contributed by atoms with Crippen LogP contribution in [0.4, 0.5) is 0 Å². The molecule has 2 nitrogen and oxygen atoms in total. The summed E-state index contributed by atoms with van der Waals surface area (Å²) in [5.41, 5.74) is 3.59. The van der Waals surface area contributed by atoms with Crippen LogP contribution in [0.2, 0.25) is 5.02 Å². The molecule has 2 rings (SSSR count). The SMILES string of the molecule is CCn1nc(C)c(Br)c1CC(CBr)c1ccc(Cl)cc1. The van der Waals surface area contributed by atoms with Gasteiger partial charge in [-0.1, -0.05) is 39.7 Å². The fourth-order valence-corrected chi connectivity index (χ4v) is 3.47. The third kappa shape index (κ3) is 3.46. The summed E-state index contributed by atoms with van der Waals surface area (Å²) in [4.78, 5) is 0. The van der Waals surface area contributed by atoms with E-state index in [4.69, 9.17) is 11.6 Å². The minimum absolute atomic E-state index is 0.407. The third-order valence-electron chi connectivity index (χ3n) is 3.42. The molecule has 1 aromatic heterocycles. The summed E-state index contributed by atoms with van der Waals surface area (Å²) >= 11 is 13.3. The quantitative estimate of drug-likeness (QED) is 0.597. The van der Waals surface area contributed by atoms with E-state index in [1.54, 1.807) is 0 Å². The lowest BCUT2D eigenvalue weighted by molar-refractivity contribution is 0.596. The van der Waals surface area contributed by atoms with Gasteiger partial charge in [-0.25, -0.2) is 0 Å². The standard InChI is InChI=1S/C15H17Br2ClN2/c1-3-20-14(15(17)10(2)19-20)8-12(9-16)11-4-6-13(18)7-5-11/h4-7,12H,3,8-9H2,1-2H3. The van der Waals surface area contributed by atoms with Gasteiger partial charge in [0.2, 0.25) is 0 Å². The topological polar surface area (TPSA) is 17.8 Å². The Morgan fingerprint density at radius 2 is 1.95 bits per heavy atom. The molecule has 1 heterocycles. The highest BCUT2D eigenvalue weighted by molar-refractivity contribution is 9.10. The number of halogens is 3. The van der Waals surface area contributed by atoms with Crippen molar-refractivity contribution in [2.75, 3.05) is 5.33 Å². The zero-order chi connectivity index (χ0) is 14.7. The van der Waals surface area contributed by atoms with Crippen LogP contribution >= 0.6 is 43.5 Å². The molecule has 1 aromatic carbocycles. The van der Waals surface area contributed by atoms with E-state index in [1.165, 1.54) is 11.3 Å². The number of rotatable bonds is 5. The van der Waals surface area contributed by atoms with E-state index >= 15 is 0 Å². The average molecular weight is 421 g/mol. The van der Waals surface area contributed by atoms with Crippen molar-refractivity contribution in [3.05, 3.63) is 50.7 Å². The van der Waals surface area contributed by atoms with Crippen LogP contribution in [0, 0.1) is 6.92 Å². The molecule has 0 spiro atoms. The van der Waals surface area contributed by atoms with Crippen molar-refractivity contribution in [1.29, 1.82) is 0 Å². The molecule has 0 saturated carbocycles. The molecule has 0 aliphatic rings. The Morgan fingerprint density at radius 1 is 1.30 bits per heavy atom. The second-order valence-corrected chi connectivity index (χ2v) is 6.65. The van der Waals surface area contributed by atoms with E-state index in [-0.39, 0.29) is 0 Å². The van der Waals surface area contributed by atoms with E-state index < -0.39 is 0 Å². The summed E-state index contributed by atoms with van der Waals surface area (Å²) in [6, 6.07) is 8.09. The number of alkyl halides is 1. The van der Waals surface area contributed by atoms with Crippen molar-refractivity contribution < 1.29 is 0 Å². The van der Waals surface area contributed by atoms with Gasteiger partial charge < -0.3 is 0 Å². The van der Waals surface area contributed by atoms with Crippen LogP contribution < -0.4 is 0 Å². The lowest BCUT2D eigenvalue weighted by atomic mass is 9.96. The van der Waals surface area contributed by atoms with Crippen LogP contribution in [-0.4, -0.2) is 15.1 Å². The van der Waals surface area contributed by atoms with Gasteiger partial charge in [-0.15, -0.1) is 0 Å². The molecule has 0 aliphatic heterocycles. The summed E-state index contributed by atoms with van der Waals surface area (Å²) in [6.45, 7) is 5.04. The molecule has 2 aromatic rings. The Hall–Kier alpha value is -0.320. The van der Waals surface area contributed by atoms with E-state index in [0.29, 0.717) is 5.92 Å². The highest BCUT2D eigenvalue weighted by Crippen LogP contribution is 2.29. The summed E-state index contributed by atoms with van der Waals surface area (Å²) < 4.78 is 3.20. The van der Waals surface area contributed by atoms with Crippen molar-refractivity contribution in [2.45, 2.75) is 32.7 Å². The molecule has 5 heteroatoms. The molecule has 20 heavy (non-hydrogen) atoms. The number of hydrogen-bond acceptors (Lipinski definition) is 1. The first-order chi connectivity index (χ1) is 9.56. The third-order valence-corrected chi connectivity index (χ3v) is 5.49.